The van der Waals surface area contributed by atoms with E-state index in [0.29, 0.717) is 0 Å². The lowest BCUT2D eigenvalue weighted by Crippen LogP contribution is -1.65. The third-order valence-corrected chi connectivity index (χ3v) is 3.27. The van der Waals surface area contributed by atoms with Crippen LogP contribution in [0.1, 0.15) is 4.88 Å². The van der Waals surface area contributed by atoms with E-state index in [2.05, 4.69) is 46.9 Å². The first-order valence-electron chi connectivity index (χ1n) is 3.39. The molecule has 0 aliphatic rings. The maximum absolute atomic E-state index is 8.67. The molecule has 0 saturated heterocycles. The second-order valence-electron chi connectivity index (χ2n) is 2.40. The predicted octanol–water partition coefficient (Wildman–Crippen LogP) is 3.38. The van der Waals surface area contributed by atoms with Crippen LogP contribution >= 0.6 is 33.9 Å². The Hall–Kier alpha value is -0.600. The third-order valence-electron chi connectivity index (χ3n) is 1.59. The molecule has 1 aromatic heterocycles. The van der Waals surface area contributed by atoms with Crippen molar-refractivity contribution in [2.45, 2.75) is 0 Å². The molecule has 0 amide bonds. The van der Waals surface area contributed by atoms with Crippen LogP contribution in [-0.4, -0.2) is 0 Å². The molecule has 0 radical (unpaired) electrons. The van der Waals surface area contributed by atoms with E-state index < -0.39 is 0 Å². The molecule has 2 rings (SSSR count). The molecular formula is C9H4INS. The second-order valence-corrected chi connectivity index (χ2v) is 4.73. The SMILES string of the molecule is N#Cc1cc2ccc(I)cc2s1. The van der Waals surface area contributed by atoms with Crippen LogP contribution in [0.15, 0.2) is 24.3 Å². The van der Waals surface area contributed by atoms with Crippen molar-refractivity contribution in [1.29, 1.82) is 5.26 Å². The van der Waals surface area contributed by atoms with Crippen LogP contribution in [0.5, 0.6) is 0 Å². The zero-order chi connectivity index (χ0) is 8.55. The molecular weight excluding hydrogens is 281 g/mol. The van der Waals surface area contributed by atoms with Gasteiger partial charge in [-0.2, -0.15) is 5.26 Å². The minimum absolute atomic E-state index is 0.784. The van der Waals surface area contributed by atoms with E-state index in [4.69, 9.17) is 5.26 Å². The zero-order valence-electron chi connectivity index (χ0n) is 6.04. The van der Waals surface area contributed by atoms with Gasteiger partial charge in [0.2, 0.25) is 0 Å². The first-order valence-corrected chi connectivity index (χ1v) is 5.28. The Morgan fingerprint density at radius 1 is 1.33 bits per heavy atom. The lowest BCUT2D eigenvalue weighted by atomic mass is 10.2. The Morgan fingerprint density at radius 3 is 2.92 bits per heavy atom. The van der Waals surface area contributed by atoms with Crippen LogP contribution in [0, 0.1) is 14.9 Å². The van der Waals surface area contributed by atoms with E-state index in [0.717, 1.165) is 10.3 Å². The highest BCUT2D eigenvalue weighted by atomic mass is 127. The van der Waals surface area contributed by atoms with Crippen LogP contribution < -0.4 is 0 Å². The maximum atomic E-state index is 8.67. The van der Waals surface area contributed by atoms with Gasteiger partial charge >= 0.3 is 0 Å². The topological polar surface area (TPSA) is 23.8 Å². The lowest BCUT2D eigenvalue weighted by Gasteiger charge is -1.88. The number of thiophene rings is 1. The van der Waals surface area contributed by atoms with Crippen molar-refractivity contribution in [2.24, 2.45) is 0 Å². The monoisotopic (exact) mass is 285 g/mol. The number of nitriles is 1. The molecule has 0 N–H and O–H groups in total. The van der Waals surface area contributed by atoms with Crippen molar-refractivity contribution in [3.63, 3.8) is 0 Å². The van der Waals surface area contributed by atoms with Gasteiger partial charge in [0.15, 0.2) is 0 Å². The highest BCUT2D eigenvalue weighted by Crippen LogP contribution is 2.26. The van der Waals surface area contributed by atoms with Gasteiger partial charge in [-0.25, -0.2) is 0 Å². The summed E-state index contributed by atoms with van der Waals surface area (Å²) in [5.74, 6) is 0. The van der Waals surface area contributed by atoms with Crippen molar-refractivity contribution in [3.8, 4) is 6.07 Å². The molecule has 1 aromatic carbocycles. The molecule has 0 unspecified atom stereocenters. The summed E-state index contributed by atoms with van der Waals surface area (Å²) >= 11 is 3.82. The van der Waals surface area contributed by atoms with E-state index in [-0.39, 0.29) is 0 Å². The number of hydrogen-bond acceptors (Lipinski definition) is 2. The fourth-order valence-corrected chi connectivity index (χ4v) is 2.66. The number of hydrogen-bond donors (Lipinski definition) is 0. The molecule has 0 bridgehead atoms. The smallest absolute Gasteiger partial charge is 0.110 e. The Bertz CT molecular complexity index is 467. The van der Waals surface area contributed by atoms with E-state index in [9.17, 15) is 0 Å². The molecule has 3 heteroatoms. The van der Waals surface area contributed by atoms with Gasteiger partial charge in [-0.1, -0.05) is 6.07 Å². The molecule has 0 fully saturated rings. The Labute approximate surface area is 87.8 Å². The van der Waals surface area contributed by atoms with Crippen LogP contribution in [0.25, 0.3) is 10.1 Å². The molecule has 0 atom stereocenters. The summed E-state index contributed by atoms with van der Waals surface area (Å²) in [6.07, 6.45) is 0. The summed E-state index contributed by atoms with van der Waals surface area (Å²) in [5, 5.41) is 9.83. The Morgan fingerprint density at radius 2 is 2.17 bits per heavy atom. The van der Waals surface area contributed by atoms with Crippen molar-refractivity contribution in [2.75, 3.05) is 0 Å². The normalized spacial score (nSPS) is 10.0. The van der Waals surface area contributed by atoms with E-state index >= 15 is 0 Å². The predicted molar refractivity (Wildman–Crippen MR) is 59.3 cm³/mol. The van der Waals surface area contributed by atoms with Gasteiger partial charge in [-0.15, -0.1) is 11.3 Å². The fourth-order valence-electron chi connectivity index (χ4n) is 1.06. The van der Waals surface area contributed by atoms with Crippen LogP contribution in [-0.2, 0) is 0 Å². The highest BCUT2D eigenvalue weighted by molar-refractivity contribution is 14.1. The largest absolute Gasteiger partial charge is 0.192 e. The second kappa shape index (κ2) is 3.04. The first kappa shape index (κ1) is 8.02. The van der Waals surface area contributed by atoms with Crippen LogP contribution in [0.2, 0.25) is 0 Å². The molecule has 2 aromatic rings. The van der Waals surface area contributed by atoms with Gasteiger partial charge < -0.3 is 0 Å². The summed E-state index contributed by atoms with van der Waals surface area (Å²) in [6.45, 7) is 0. The third kappa shape index (κ3) is 1.32. The molecule has 0 aliphatic carbocycles. The summed E-state index contributed by atoms with van der Waals surface area (Å²) in [6, 6.07) is 10.3. The average molecular weight is 285 g/mol. The summed E-state index contributed by atoms with van der Waals surface area (Å²) in [7, 11) is 0. The number of nitrogens with zero attached hydrogens (tertiary/aromatic N) is 1. The van der Waals surface area contributed by atoms with Gasteiger partial charge in [-0.05, 0) is 46.2 Å². The lowest BCUT2D eigenvalue weighted by molar-refractivity contribution is 1.52. The van der Waals surface area contributed by atoms with Gasteiger partial charge in [0.1, 0.15) is 10.9 Å². The summed E-state index contributed by atoms with van der Waals surface area (Å²) in [5.41, 5.74) is 0. The number of fused-ring (bicyclic) bond motifs is 1. The summed E-state index contributed by atoms with van der Waals surface area (Å²) in [4.78, 5) is 0.784. The molecule has 12 heavy (non-hydrogen) atoms. The Balaban J connectivity index is 2.77. The molecule has 0 spiro atoms. The standard InChI is InChI=1S/C9H4INS/c10-7-2-1-6-3-8(5-11)12-9(6)4-7/h1-4H. The van der Waals surface area contributed by atoms with Crippen molar-refractivity contribution in [1.82, 2.24) is 0 Å². The molecule has 0 saturated carbocycles. The minimum atomic E-state index is 0.784. The molecule has 58 valence electrons. The highest BCUT2D eigenvalue weighted by Gasteiger charge is 2.00. The zero-order valence-corrected chi connectivity index (χ0v) is 9.02. The quantitative estimate of drug-likeness (QED) is 0.681. The van der Waals surface area contributed by atoms with E-state index in [1.54, 1.807) is 11.3 Å². The number of rotatable bonds is 0. The van der Waals surface area contributed by atoms with Crippen LogP contribution in [0.4, 0.5) is 0 Å². The minimum Gasteiger partial charge on any atom is -0.192 e. The van der Waals surface area contributed by atoms with E-state index in [1.165, 1.54) is 8.27 Å². The van der Waals surface area contributed by atoms with Gasteiger partial charge in [-0.3, -0.25) is 0 Å². The number of halogens is 1. The van der Waals surface area contributed by atoms with Gasteiger partial charge in [0.25, 0.3) is 0 Å². The number of benzene rings is 1. The van der Waals surface area contributed by atoms with Crippen LogP contribution in [0.3, 0.4) is 0 Å². The van der Waals surface area contributed by atoms with Crippen molar-refractivity contribution < 1.29 is 0 Å². The Kier molecular flexibility index (Phi) is 2.03. The maximum Gasteiger partial charge on any atom is 0.110 e. The summed E-state index contributed by atoms with van der Waals surface area (Å²) < 4.78 is 2.41. The van der Waals surface area contributed by atoms with Gasteiger partial charge in [0.05, 0.1) is 0 Å². The molecule has 1 heterocycles. The van der Waals surface area contributed by atoms with Gasteiger partial charge in [0, 0.05) is 8.27 Å². The average Bonchev–Trinajstić information content (AvgIpc) is 2.46. The van der Waals surface area contributed by atoms with Crippen molar-refractivity contribution in [3.05, 3.63) is 32.7 Å². The van der Waals surface area contributed by atoms with Crippen molar-refractivity contribution >= 4 is 44.0 Å². The molecule has 0 aliphatic heterocycles. The first-order chi connectivity index (χ1) is 5.79. The molecule has 1 nitrogen and oxygen atoms in total. The van der Waals surface area contributed by atoms with E-state index in [1.807, 2.05) is 6.07 Å². The fraction of sp³-hybridized carbons (Fsp3) is 0.